The number of carbonyl (C=O) groups is 2. The van der Waals surface area contributed by atoms with Crippen molar-refractivity contribution in [2.75, 3.05) is 12.4 Å². The Bertz CT molecular complexity index is 1280. The molecule has 0 saturated heterocycles. The van der Waals surface area contributed by atoms with Gasteiger partial charge in [-0.05, 0) is 60.5 Å². The molecule has 1 aliphatic rings. The van der Waals surface area contributed by atoms with Crippen LogP contribution in [0.5, 0.6) is 11.5 Å². The minimum atomic E-state index is -4.48. The van der Waals surface area contributed by atoms with Gasteiger partial charge < -0.3 is 19.7 Å². The number of methoxy groups -OCH3 is 1. The first-order chi connectivity index (χ1) is 17.2. The number of halogens is 3. The molecule has 1 atom stereocenters. The second-order valence-corrected chi connectivity index (χ2v) is 8.42. The van der Waals surface area contributed by atoms with Crippen molar-refractivity contribution in [3.8, 4) is 11.5 Å². The van der Waals surface area contributed by atoms with Gasteiger partial charge in [0.25, 0.3) is 11.8 Å². The molecule has 0 radical (unpaired) electrons. The molecule has 4 rings (SSSR count). The topological polar surface area (TPSA) is 67.9 Å². The predicted octanol–water partition coefficient (Wildman–Crippen LogP) is 5.67. The van der Waals surface area contributed by atoms with Crippen molar-refractivity contribution >= 4 is 17.5 Å². The van der Waals surface area contributed by atoms with Gasteiger partial charge in [0, 0.05) is 29.9 Å². The lowest BCUT2D eigenvalue weighted by molar-refractivity contribution is -0.139. The van der Waals surface area contributed by atoms with Crippen LogP contribution in [0.4, 0.5) is 18.9 Å². The standard InChI is InChI=1S/C27H25F3N2O4/c1-3-23-26(34)32(15-17-6-4-8-20(12-17)27(28,29)30)16-19-13-21(10-11-24(19)36-23)31-25(33)18-7-5-9-22(14-18)35-2/h4-14,23H,3,15-16H2,1-2H3,(H,31,33)/t23-/m0/s1. The molecule has 1 N–H and O–H groups in total. The maximum absolute atomic E-state index is 13.2. The Kier molecular flexibility index (Phi) is 7.19. The molecule has 1 heterocycles. The van der Waals surface area contributed by atoms with Gasteiger partial charge in [-0.2, -0.15) is 13.2 Å². The SMILES string of the molecule is CC[C@@H]1Oc2ccc(NC(=O)c3cccc(OC)c3)cc2CN(Cc2cccc(C(F)(F)F)c2)C1=O. The summed E-state index contributed by atoms with van der Waals surface area (Å²) >= 11 is 0. The van der Waals surface area contributed by atoms with E-state index in [1.54, 1.807) is 55.5 Å². The summed E-state index contributed by atoms with van der Waals surface area (Å²) in [6.07, 6.45) is -4.85. The number of anilines is 1. The molecule has 2 amide bonds. The van der Waals surface area contributed by atoms with E-state index in [0.29, 0.717) is 40.3 Å². The lowest BCUT2D eigenvalue weighted by Gasteiger charge is -2.23. The number of hydrogen-bond donors (Lipinski definition) is 1. The van der Waals surface area contributed by atoms with Gasteiger partial charge in [-0.1, -0.05) is 25.1 Å². The van der Waals surface area contributed by atoms with E-state index in [4.69, 9.17) is 9.47 Å². The van der Waals surface area contributed by atoms with Gasteiger partial charge in [-0.3, -0.25) is 9.59 Å². The first kappa shape index (κ1) is 25.1. The molecular formula is C27H25F3N2O4. The monoisotopic (exact) mass is 498 g/mol. The lowest BCUT2D eigenvalue weighted by atomic mass is 10.1. The Morgan fingerprint density at radius 2 is 1.89 bits per heavy atom. The Balaban J connectivity index is 1.59. The minimum absolute atomic E-state index is 0.0115. The van der Waals surface area contributed by atoms with E-state index in [1.165, 1.54) is 18.1 Å². The van der Waals surface area contributed by atoms with Gasteiger partial charge in [0.2, 0.25) is 0 Å². The number of hydrogen-bond acceptors (Lipinski definition) is 4. The fraction of sp³-hybridized carbons (Fsp3) is 0.259. The van der Waals surface area contributed by atoms with Crippen molar-refractivity contribution in [2.24, 2.45) is 0 Å². The fourth-order valence-electron chi connectivity index (χ4n) is 4.01. The number of alkyl halides is 3. The molecule has 9 heteroatoms. The molecule has 0 spiro atoms. The molecule has 0 aliphatic carbocycles. The molecule has 188 valence electrons. The third-order valence-electron chi connectivity index (χ3n) is 5.87. The zero-order valence-corrected chi connectivity index (χ0v) is 19.8. The van der Waals surface area contributed by atoms with Gasteiger partial charge in [-0.25, -0.2) is 0 Å². The van der Waals surface area contributed by atoms with Crippen molar-refractivity contribution < 1.29 is 32.2 Å². The van der Waals surface area contributed by atoms with Crippen molar-refractivity contribution in [3.63, 3.8) is 0 Å². The highest BCUT2D eigenvalue weighted by atomic mass is 19.4. The highest BCUT2D eigenvalue weighted by Crippen LogP contribution is 2.32. The van der Waals surface area contributed by atoms with Gasteiger partial charge in [0.05, 0.1) is 12.7 Å². The van der Waals surface area contributed by atoms with Gasteiger partial charge in [-0.15, -0.1) is 0 Å². The first-order valence-electron chi connectivity index (χ1n) is 11.4. The lowest BCUT2D eigenvalue weighted by Crippen LogP contribution is -2.38. The molecule has 6 nitrogen and oxygen atoms in total. The van der Waals surface area contributed by atoms with E-state index in [-0.39, 0.29) is 24.9 Å². The van der Waals surface area contributed by atoms with E-state index < -0.39 is 17.8 Å². The molecule has 0 unspecified atom stereocenters. The van der Waals surface area contributed by atoms with Crippen LogP contribution in [0.2, 0.25) is 0 Å². The summed E-state index contributed by atoms with van der Waals surface area (Å²) in [5.41, 5.74) is 1.13. The predicted molar refractivity (Wildman–Crippen MR) is 128 cm³/mol. The first-order valence-corrected chi connectivity index (χ1v) is 11.4. The van der Waals surface area contributed by atoms with E-state index in [0.717, 1.165) is 12.1 Å². The largest absolute Gasteiger partial charge is 0.497 e. The van der Waals surface area contributed by atoms with E-state index in [9.17, 15) is 22.8 Å². The molecular weight excluding hydrogens is 473 g/mol. The quantitative estimate of drug-likeness (QED) is 0.476. The van der Waals surface area contributed by atoms with Crippen LogP contribution in [0, 0.1) is 0 Å². The number of fused-ring (bicyclic) bond motifs is 1. The Morgan fingerprint density at radius 1 is 1.11 bits per heavy atom. The van der Waals surface area contributed by atoms with Crippen LogP contribution in [0.1, 0.15) is 40.4 Å². The summed E-state index contributed by atoms with van der Waals surface area (Å²) in [4.78, 5) is 27.3. The number of nitrogens with one attached hydrogen (secondary N) is 1. The molecule has 0 saturated carbocycles. The number of nitrogens with zero attached hydrogens (tertiary/aromatic N) is 1. The Morgan fingerprint density at radius 3 is 2.61 bits per heavy atom. The van der Waals surface area contributed by atoms with E-state index in [2.05, 4.69) is 5.32 Å². The van der Waals surface area contributed by atoms with Crippen LogP contribution in [0.25, 0.3) is 0 Å². The third kappa shape index (κ3) is 5.62. The highest BCUT2D eigenvalue weighted by molar-refractivity contribution is 6.04. The van der Waals surface area contributed by atoms with Crippen molar-refractivity contribution in [1.29, 1.82) is 0 Å². The van der Waals surface area contributed by atoms with E-state index in [1.807, 2.05) is 0 Å². The van der Waals surface area contributed by atoms with Crippen molar-refractivity contribution in [2.45, 2.75) is 38.7 Å². The van der Waals surface area contributed by atoms with Gasteiger partial charge in [0.15, 0.2) is 6.10 Å². The number of rotatable bonds is 6. The summed E-state index contributed by atoms with van der Waals surface area (Å²) in [7, 11) is 1.51. The molecule has 36 heavy (non-hydrogen) atoms. The molecule has 0 fully saturated rings. The molecule has 0 bridgehead atoms. The summed E-state index contributed by atoms with van der Waals surface area (Å²) in [6, 6.07) is 16.7. The van der Waals surface area contributed by atoms with Gasteiger partial charge in [0.1, 0.15) is 11.5 Å². The molecule has 0 aromatic heterocycles. The van der Waals surface area contributed by atoms with Crippen LogP contribution < -0.4 is 14.8 Å². The van der Waals surface area contributed by atoms with Crippen LogP contribution in [0.15, 0.2) is 66.7 Å². The maximum Gasteiger partial charge on any atom is 0.416 e. The number of carbonyl (C=O) groups excluding carboxylic acids is 2. The second-order valence-electron chi connectivity index (χ2n) is 8.42. The summed E-state index contributed by atoms with van der Waals surface area (Å²) in [5.74, 6) is 0.383. The normalized spacial score (nSPS) is 15.5. The second kappa shape index (κ2) is 10.3. The van der Waals surface area contributed by atoms with Gasteiger partial charge >= 0.3 is 6.18 Å². The average Bonchev–Trinajstić information content (AvgIpc) is 2.99. The summed E-state index contributed by atoms with van der Waals surface area (Å²) in [5, 5.41) is 2.83. The number of benzene rings is 3. The minimum Gasteiger partial charge on any atom is -0.497 e. The van der Waals surface area contributed by atoms with Crippen molar-refractivity contribution in [3.05, 3.63) is 89.0 Å². The highest BCUT2D eigenvalue weighted by Gasteiger charge is 2.32. The summed E-state index contributed by atoms with van der Waals surface area (Å²) < 4.78 is 50.6. The summed E-state index contributed by atoms with van der Waals surface area (Å²) in [6.45, 7) is 1.91. The fourth-order valence-corrected chi connectivity index (χ4v) is 4.01. The van der Waals surface area contributed by atoms with Crippen LogP contribution in [-0.2, 0) is 24.1 Å². The smallest absolute Gasteiger partial charge is 0.416 e. The number of ether oxygens (including phenoxy) is 2. The van der Waals surface area contributed by atoms with Crippen LogP contribution in [0.3, 0.4) is 0 Å². The van der Waals surface area contributed by atoms with Crippen LogP contribution in [-0.4, -0.2) is 29.9 Å². The zero-order valence-electron chi connectivity index (χ0n) is 19.8. The van der Waals surface area contributed by atoms with E-state index >= 15 is 0 Å². The molecule has 3 aromatic carbocycles. The third-order valence-corrected chi connectivity index (χ3v) is 5.87. The Labute approximate surface area is 206 Å². The number of amides is 2. The zero-order chi connectivity index (χ0) is 25.9. The van der Waals surface area contributed by atoms with Crippen LogP contribution >= 0.6 is 0 Å². The maximum atomic E-state index is 13.2. The average molecular weight is 499 g/mol. The van der Waals surface area contributed by atoms with Crippen molar-refractivity contribution in [1.82, 2.24) is 4.90 Å². The molecule has 1 aliphatic heterocycles. The molecule has 3 aromatic rings. The Hall–Kier alpha value is -4.01.